The molecule has 1 aromatic carbocycles. The number of hydrogen-bond acceptors (Lipinski definition) is 5. The summed E-state index contributed by atoms with van der Waals surface area (Å²) >= 11 is 0. The molecular formula is C10H12FNO4. The van der Waals surface area contributed by atoms with Crippen LogP contribution < -0.4 is 15.0 Å². The Balaban J connectivity index is 2.41. The average Bonchev–Trinajstić information content (AvgIpc) is 2.30. The molecule has 0 atom stereocenters. The summed E-state index contributed by atoms with van der Waals surface area (Å²) in [5.74, 6) is -0.532. The van der Waals surface area contributed by atoms with Crippen molar-refractivity contribution in [2.45, 2.75) is 6.54 Å². The van der Waals surface area contributed by atoms with E-state index in [4.69, 9.17) is 9.47 Å². The molecule has 1 heterocycles. The van der Waals surface area contributed by atoms with Gasteiger partial charge in [-0.15, -0.1) is 0 Å². The van der Waals surface area contributed by atoms with E-state index in [0.717, 1.165) is 6.07 Å². The van der Waals surface area contributed by atoms with Crippen LogP contribution in [0.5, 0.6) is 17.2 Å². The Morgan fingerprint density at radius 2 is 2.25 bits per heavy atom. The van der Waals surface area contributed by atoms with Crippen LogP contribution in [0.1, 0.15) is 5.56 Å². The Labute approximate surface area is 91.7 Å². The van der Waals surface area contributed by atoms with E-state index in [1.54, 1.807) is 0 Å². The lowest BCUT2D eigenvalue weighted by Crippen LogP contribution is -2.19. The van der Waals surface area contributed by atoms with E-state index in [9.17, 15) is 9.50 Å². The molecule has 0 saturated heterocycles. The summed E-state index contributed by atoms with van der Waals surface area (Å²) < 4.78 is 23.9. The maximum atomic E-state index is 13.3. The minimum Gasteiger partial charge on any atom is -0.504 e. The lowest BCUT2D eigenvalue weighted by Gasteiger charge is -2.22. The largest absolute Gasteiger partial charge is 0.504 e. The van der Waals surface area contributed by atoms with Gasteiger partial charge in [0.25, 0.3) is 0 Å². The SMILES string of the molecule is CONCc1c(O)c(F)cc2c1OCCO2. The van der Waals surface area contributed by atoms with Crippen molar-refractivity contribution in [1.82, 2.24) is 5.48 Å². The molecular weight excluding hydrogens is 217 g/mol. The highest BCUT2D eigenvalue weighted by Gasteiger charge is 2.22. The number of hydroxylamine groups is 1. The third-order valence-corrected chi connectivity index (χ3v) is 2.25. The van der Waals surface area contributed by atoms with Gasteiger partial charge in [0.2, 0.25) is 0 Å². The third kappa shape index (κ3) is 1.89. The van der Waals surface area contributed by atoms with E-state index in [0.29, 0.717) is 24.7 Å². The quantitative estimate of drug-likeness (QED) is 0.756. The van der Waals surface area contributed by atoms with E-state index in [2.05, 4.69) is 10.3 Å². The molecule has 16 heavy (non-hydrogen) atoms. The number of benzene rings is 1. The molecule has 0 unspecified atom stereocenters. The van der Waals surface area contributed by atoms with Crippen LogP contribution in [-0.4, -0.2) is 25.4 Å². The molecule has 0 aromatic heterocycles. The van der Waals surface area contributed by atoms with E-state index in [1.807, 2.05) is 0 Å². The van der Waals surface area contributed by atoms with Crippen molar-refractivity contribution < 1.29 is 23.8 Å². The maximum absolute atomic E-state index is 13.3. The third-order valence-electron chi connectivity index (χ3n) is 2.25. The second kappa shape index (κ2) is 4.54. The number of hydrogen-bond donors (Lipinski definition) is 2. The highest BCUT2D eigenvalue weighted by Crippen LogP contribution is 2.40. The summed E-state index contributed by atoms with van der Waals surface area (Å²) in [7, 11) is 1.43. The molecule has 88 valence electrons. The Kier molecular flexibility index (Phi) is 3.12. The molecule has 1 aliphatic rings. The van der Waals surface area contributed by atoms with Crippen molar-refractivity contribution in [2.75, 3.05) is 20.3 Å². The van der Waals surface area contributed by atoms with Crippen LogP contribution in [0.2, 0.25) is 0 Å². The van der Waals surface area contributed by atoms with Gasteiger partial charge in [-0.25, -0.2) is 4.39 Å². The van der Waals surface area contributed by atoms with Gasteiger partial charge in [-0.3, -0.25) is 0 Å². The lowest BCUT2D eigenvalue weighted by molar-refractivity contribution is 0.0839. The highest BCUT2D eigenvalue weighted by molar-refractivity contribution is 5.54. The molecule has 0 saturated carbocycles. The number of rotatable bonds is 3. The van der Waals surface area contributed by atoms with E-state index < -0.39 is 11.6 Å². The van der Waals surface area contributed by atoms with Crippen molar-refractivity contribution in [3.8, 4) is 17.2 Å². The van der Waals surface area contributed by atoms with Crippen LogP contribution in [0.3, 0.4) is 0 Å². The number of ether oxygens (including phenoxy) is 2. The predicted octanol–water partition coefficient (Wildman–Crippen LogP) is 0.953. The van der Waals surface area contributed by atoms with Crippen molar-refractivity contribution in [3.05, 3.63) is 17.4 Å². The molecule has 6 heteroatoms. The van der Waals surface area contributed by atoms with Crippen molar-refractivity contribution in [3.63, 3.8) is 0 Å². The fourth-order valence-corrected chi connectivity index (χ4v) is 1.52. The minimum atomic E-state index is -0.739. The van der Waals surface area contributed by atoms with Gasteiger partial charge in [0.15, 0.2) is 23.1 Å². The van der Waals surface area contributed by atoms with Gasteiger partial charge in [0.1, 0.15) is 13.2 Å². The zero-order valence-electron chi connectivity index (χ0n) is 8.75. The summed E-state index contributed by atoms with van der Waals surface area (Å²) in [5, 5.41) is 9.57. The Morgan fingerprint density at radius 1 is 1.50 bits per heavy atom. The molecule has 1 aliphatic heterocycles. The highest BCUT2D eigenvalue weighted by atomic mass is 19.1. The normalized spacial score (nSPS) is 13.9. The molecule has 0 aliphatic carbocycles. The number of nitrogens with one attached hydrogen (secondary N) is 1. The van der Waals surface area contributed by atoms with E-state index in [-0.39, 0.29) is 12.1 Å². The van der Waals surface area contributed by atoms with Crippen molar-refractivity contribution >= 4 is 0 Å². The molecule has 0 fully saturated rings. The number of phenols is 1. The second-order valence-electron chi connectivity index (χ2n) is 3.23. The standard InChI is InChI=1S/C10H12FNO4/c1-14-12-5-6-9(13)7(11)4-8-10(6)16-3-2-15-8/h4,12-13H,2-3,5H2,1H3. The number of aromatic hydroxyl groups is 1. The zero-order chi connectivity index (χ0) is 11.5. The van der Waals surface area contributed by atoms with Gasteiger partial charge >= 0.3 is 0 Å². The molecule has 0 amide bonds. The van der Waals surface area contributed by atoms with Crippen LogP contribution in [0.4, 0.5) is 4.39 Å². The van der Waals surface area contributed by atoms with Crippen LogP contribution in [0.15, 0.2) is 6.07 Å². The smallest absolute Gasteiger partial charge is 0.169 e. The van der Waals surface area contributed by atoms with Crippen LogP contribution in [-0.2, 0) is 11.4 Å². The molecule has 0 spiro atoms. The fraction of sp³-hybridized carbons (Fsp3) is 0.400. The van der Waals surface area contributed by atoms with Gasteiger partial charge in [-0.1, -0.05) is 0 Å². The molecule has 0 bridgehead atoms. The molecule has 5 nitrogen and oxygen atoms in total. The van der Waals surface area contributed by atoms with Crippen molar-refractivity contribution in [1.29, 1.82) is 0 Å². The zero-order valence-corrected chi connectivity index (χ0v) is 8.75. The first-order valence-corrected chi connectivity index (χ1v) is 4.80. The van der Waals surface area contributed by atoms with Gasteiger partial charge < -0.3 is 19.4 Å². The Hall–Kier alpha value is -1.53. The molecule has 0 radical (unpaired) electrons. The van der Waals surface area contributed by atoms with Crippen LogP contribution in [0.25, 0.3) is 0 Å². The Morgan fingerprint density at radius 3 is 3.00 bits per heavy atom. The monoisotopic (exact) mass is 229 g/mol. The summed E-state index contributed by atoms with van der Waals surface area (Å²) in [5.41, 5.74) is 2.81. The summed E-state index contributed by atoms with van der Waals surface area (Å²) in [4.78, 5) is 4.65. The molecule has 2 N–H and O–H groups in total. The average molecular weight is 229 g/mol. The first-order valence-electron chi connectivity index (χ1n) is 4.80. The first-order chi connectivity index (χ1) is 7.74. The summed E-state index contributed by atoms with van der Waals surface area (Å²) in [6.07, 6.45) is 0. The summed E-state index contributed by atoms with van der Waals surface area (Å²) in [6, 6.07) is 1.11. The minimum absolute atomic E-state index is 0.131. The Bertz CT molecular complexity index is 397. The predicted molar refractivity (Wildman–Crippen MR) is 52.9 cm³/mol. The first kappa shape index (κ1) is 11.0. The van der Waals surface area contributed by atoms with Crippen molar-refractivity contribution in [2.24, 2.45) is 0 Å². The second-order valence-corrected chi connectivity index (χ2v) is 3.23. The lowest BCUT2D eigenvalue weighted by atomic mass is 10.1. The number of halogens is 1. The van der Waals surface area contributed by atoms with Gasteiger partial charge in [-0.2, -0.15) is 5.48 Å². The van der Waals surface area contributed by atoms with Gasteiger partial charge in [0.05, 0.1) is 19.2 Å². The van der Waals surface area contributed by atoms with E-state index >= 15 is 0 Å². The molecule has 2 rings (SSSR count). The topological polar surface area (TPSA) is 60.0 Å². The maximum Gasteiger partial charge on any atom is 0.169 e. The van der Waals surface area contributed by atoms with E-state index in [1.165, 1.54) is 7.11 Å². The fourth-order valence-electron chi connectivity index (χ4n) is 1.52. The van der Waals surface area contributed by atoms with Crippen LogP contribution in [0, 0.1) is 5.82 Å². The number of fused-ring (bicyclic) bond motifs is 1. The van der Waals surface area contributed by atoms with Crippen LogP contribution >= 0.6 is 0 Å². The summed E-state index contributed by atoms with van der Waals surface area (Å²) in [6.45, 7) is 0.873. The number of phenolic OH excluding ortho intramolecular Hbond substituents is 1. The van der Waals surface area contributed by atoms with Gasteiger partial charge in [-0.05, 0) is 0 Å². The van der Waals surface area contributed by atoms with Gasteiger partial charge in [0, 0.05) is 6.07 Å². The molecule has 1 aromatic rings.